The highest BCUT2D eigenvalue weighted by Gasteiger charge is 2.36. The van der Waals surface area contributed by atoms with Crippen molar-refractivity contribution in [2.45, 2.75) is 72.6 Å². The quantitative estimate of drug-likeness (QED) is 0.0966. The number of anilines is 1. The van der Waals surface area contributed by atoms with Gasteiger partial charge >= 0.3 is 12.1 Å². The second kappa shape index (κ2) is 16.2. The van der Waals surface area contributed by atoms with E-state index >= 15 is 0 Å². The summed E-state index contributed by atoms with van der Waals surface area (Å²) in [5.74, 6) is -1.58. The molecule has 1 aromatic heterocycles. The van der Waals surface area contributed by atoms with Crippen molar-refractivity contribution in [1.82, 2.24) is 15.6 Å². The first-order valence-electron chi connectivity index (χ1n) is 13.9. The first-order valence-corrected chi connectivity index (χ1v) is 13.9. The molecule has 2 rings (SSSR count). The molecule has 230 valence electrons. The number of aromatic amines is 1. The van der Waals surface area contributed by atoms with Gasteiger partial charge in [0.25, 0.3) is 11.8 Å². The number of hydrogen-bond donors (Lipinski definition) is 5. The van der Waals surface area contributed by atoms with Crippen LogP contribution in [0, 0.1) is 13.8 Å². The molecular formula is C29H42N6O7. The zero-order chi connectivity index (χ0) is 31.4. The standard InChI is InChI=1S/C29H42N6O7/c1-7-11-31-26(37)21-10-9-17(3)23(13-21)35(29(40)42-16-41-28(39)20(6)36)25(19(5)34-15-30)24-18(4)22(14-33-24)27(38)32-12-8-2/h9-10,13-15,19-20,25,33,36H,7-8,11-12,16H2,1-6H3,(H2,30,34)(H,31,37)(H,32,38). The summed E-state index contributed by atoms with van der Waals surface area (Å²) < 4.78 is 10.2. The topological polar surface area (TPSA) is 188 Å². The van der Waals surface area contributed by atoms with E-state index in [1.807, 2.05) is 13.8 Å². The van der Waals surface area contributed by atoms with Gasteiger partial charge in [0.05, 0.1) is 23.6 Å². The van der Waals surface area contributed by atoms with Crippen molar-refractivity contribution in [3.63, 3.8) is 0 Å². The Morgan fingerprint density at radius 2 is 1.71 bits per heavy atom. The highest BCUT2D eigenvalue weighted by molar-refractivity contribution is 5.98. The van der Waals surface area contributed by atoms with E-state index in [1.54, 1.807) is 45.2 Å². The van der Waals surface area contributed by atoms with Crippen molar-refractivity contribution in [3.05, 3.63) is 52.3 Å². The average Bonchev–Trinajstić information content (AvgIpc) is 3.33. The predicted octanol–water partition coefficient (Wildman–Crippen LogP) is 2.85. The third kappa shape index (κ3) is 8.56. The van der Waals surface area contributed by atoms with Gasteiger partial charge in [0.15, 0.2) is 0 Å². The monoisotopic (exact) mass is 586 g/mol. The van der Waals surface area contributed by atoms with Crippen molar-refractivity contribution >= 4 is 35.9 Å². The molecule has 0 saturated carbocycles. The normalized spacial score (nSPS) is 13.2. The Bertz CT molecular complexity index is 1270. The zero-order valence-corrected chi connectivity index (χ0v) is 25.0. The van der Waals surface area contributed by atoms with Crippen molar-refractivity contribution < 1.29 is 33.8 Å². The van der Waals surface area contributed by atoms with Gasteiger partial charge in [0, 0.05) is 30.5 Å². The van der Waals surface area contributed by atoms with Gasteiger partial charge in [0.2, 0.25) is 6.79 Å². The number of aliphatic hydroxyl groups is 1. The Morgan fingerprint density at radius 1 is 1.07 bits per heavy atom. The van der Waals surface area contributed by atoms with E-state index in [2.05, 4.69) is 20.6 Å². The summed E-state index contributed by atoms with van der Waals surface area (Å²) in [6.07, 6.45) is 1.82. The number of H-pyrrole nitrogens is 1. The molecule has 0 radical (unpaired) electrons. The summed E-state index contributed by atoms with van der Waals surface area (Å²) in [7, 11) is 0. The molecule has 3 amide bonds. The minimum Gasteiger partial charge on any atom is -0.426 e. The number of aromatic nitrogens is 1. The number of carbonyl (C=O) groups is 4. The fourth-order valence-electron chi connectivity index (χ4n) is 4.23. The summed E-state index contributed by atoms with van der Waals surface area (Å²) in [6, 6.07) is 3.31. The van der Waals surface area contributed by atoms with Gasteiger partial charge in [-0.15, -0.1) is 0 Å². The Balaban J connectivity index is 2.70. The van der Waals surface area contributed by atoms with E-state index in [4.69, 9.17) is 15.2 Å². The minimum absolute atomic E-state index is 0.282. The van der Waals surface area contributed by atoms with E-state index < -0.39 is 37.0 Å². The van der Waals surface area contributed by atoms with Crippen LogP contribution < -0.4 is 21.3 Å². The summed E-state index contributed by atoms with van der Waals surface area (Å²) in [4.78, 5) is 60.0. The molecule has 13 nitrogen and oxygen atoms in total. The number of aryl methyl sites for hydroxylation is 1. The van der Waals surface area contributed by atoms with Crippen LogP contribution >= 0.6 is 0 Å². The maximum Gasteiger partial charge on any atom is 0.417 e. The lowest BCUT2D eigenvalue weighted by atomic mass is 9.98. The van der Waals surface area contributed by atoms with Gasteiger partial charge in [0.1, 0.15) is 12.1 Å². The molecule has 0 aliphatic carbocycles. The fourth-order valence-corrected chi connectivity index (χ4v) is 4.23. The summed E-state index contributed by atoms with van der Waals surface area (Å²) in [5.41, 5.74) is 8.34. The summed E-state index contributed by atoms with van der Waals surface area (Å²) in [6.45, 7) is 10.5. The van der Waals surface area contributed by atoms with Crippen LogP contribution in [0.5, 0.6) is 0 Å². The van der Waals surface area contributed by atoms with Crippen LogP contribution in [0.1, 0.15) is 84.1 Å². The number of rotatable bonds is 14. The highest BCUT2D eigenvalue weighted by atomic mass is 16.7. The molecule has 3 atom stereocenters. The van der Waals surface area contributed by atoms with Gasteiger partial charge in [-0.3, -0.25) is 19.5 Å². The Morgan fingerprint density at radius 3 is 2.31 bits per heavy atom. The van der Waals surface area contributed by atoms with Crippen LogP contribution in [0.15, 0.2) is 29.4 Å². The van der Waals surface area contributed by atoms with Crippen LogP contribution in [0.2, 0.25) is 0 Å². The predicted molar refractivity (Wildman–Crippen MR) is 158 cm³/mol. The van der Waals surface area contributed by atoms with Crippen molar-refractivity contribution in [3.8, 4) is 0 Å². The summed E-state index contributed by atoms with van der Waals surface area (Å²) in [5, 5.41) is 15.1. The Labute approximate surface area is 245 Å². The number of nitrogens with two attached hydrogens (primary N) is 1. The number of carbonyl (C=O) groups excluding carboxylic acids is 4. The Kier molecular flexibility index (Phi) is 13.0. The van der Waals surface area contributed by atoms with E-state index in [9.17, 15) is 24.3 Å². The largest absolute Gasteiger partial charge is 0.426 e. The number of esters is 1. The molecule has 0 aliphatic heterocycles. The van der Waals surface area contributed by atoms with Crippen LogP contribution in [-0.2, 0) is 14.3 Å². The first-order chi connectivity index (χ1) is 20.0. The molecule has 2 aromatic rings. The lowest BCUT2D eigenvalue weighted by molar-refractivity contribution is -0.160. The minimum atomic E-state index is -1.41. The van der Waals surface area contributed by atoms with Crippen molar-refractivity contribution in [2.24, 2.45) is 10.7 Å². The SMILES string of the molecule is CCCNC(=O)c1ccc(C)c(N(C(=O)OCOC(=O)C(C)O)C(c2[nH]cc(C(=O)NCCC)c2C)C(C)N=CN)c1. The second-order valence-electron chi connectivity index (χ2n) is 9.78. The Hall–Kier alpha value is -4.39. The number of ether oxygens (including phenoxy) is 2. The number of nitrogens with one attached hydrogen (secondary N) is 3. The maximum absolute atomic E-state index is 13.8. The number of nitrogens with zero attached hydrogens (tertiary/aromatic N) is 2. The highest BCUT2D eigenvalue weighted by Crippen LogP contribution is 2.36. The molecular weight excluding hydrogens is 544 g/mol. The fraction of sp³-hybridized carbons (Fsp3) is 0.483. The van der Waals surface area contributed by atoms with Crippen LogP contribution in [0.25, 0.3) is 0 Å². The molecule has 0 fully saturated rings. The third-order valence-electron chi connectivity index (χ3n) is 6.50. The van der Waals surface area contributed by atoms with Gasteiger partial charge < -0.3 is 35.9 Å². The van der Waals surface area contributed by atoms with E-state index in [-0.39, 0.29) is 11.8 Å². The number of amides is 3. The summed E-state index contributed by atoms with van der Waals surface area (Å²) >= 11 is 0. The van der Waals surface area contributed by atoms with Crippen LogP contribution in [0.3, 0.4) is 0 Å². The van der Waals surface area contributed by atoms with Gasteiger partial charge in [-0.05, 0) is 63.8 Å². The molecule has 3 unspecified atom stereocenters. The number of aliphatic imine (C=N–C) groups is 1. The number of aliphatic hydroxyl groups excluding tert-OH is 1. The van der Waals surface area contributed by atoms with Crippen LogP contribution in [-0.4, -0.2) is 72.3 Å². The van der Waals surface area contributed by atoms with Crippen molar-refractivity contribution in [2.75, 3.05) is 24.8 Å². The van der Waals surface area contributed by atoms with Gasteiger partial charge in [-0.2, -0.15) is 0 Å². The van der Waals surface area contributed by atoms with Crippen molar-refractivity contribution in [1.29, 1.82) is 0 Å². The first kappa shape index (κ1) is 33.8. The van der Waals surface area contributed by atoms with Crippen LogP contribution in [0.4, 0.5) is 10.5 Å². The number of hydrogen-bond acceptors (Lipinski definition) is 8. The molecule has 0 spiro atoms. The van der Waals surface area contributed by atoms with E-state index in [1.165, 1.54) is 11.8 Å². The molecule has 1 heterocycles. The molecule has 13 heteroatoms. The second-order valence-corrected chi connectivity index (χ2v) is 9.78. The van der Waals surface area contributed by atoms with E-state index in [0.29, 0.717) is 46.7 Å². The molecule has 0 bridgehead atoms. The average molecular weight is 587 g/mol. The lowest BCUT2D eigenvalue weighted by Gasteiger charge is -2.34. The smallest absolute Gasteiger partial charge is 0.417 e. The van der Waals surface area contributed by atoms with Gasteiger partial charge in [-0.25, -0.2) is 9.59 Å². The molecule has 0 aliphatic rings. The molecule has 6 N–H and O–H groups in total. The maximum atomic E-state index is 13.8. The van der Waals surface area contributed by atoms with E-state index in [0.717, 1.165) is 19.2 Å². The number of benzene rings is 1. The molecule has 42 heavy (non-hydrogen) atoms. The lowest BCUT2D eigenvalue weighted by Crippen LogP contribution is -2.42. The molecule has 0 saturated heterocycles. The zero-order valence-electron chi connectivity index (χ0n) is 25.0. The third-order valence-corrected chi connectivity index (χ3v) is 6.50. The van der Waals surface area contributed by atoms with Gasteiger partial charge in [-0.1, -0.05) is 19.9 Å². The molecule has 1 aromatic carbocycles.